The summed E-state index contributed by atoms with van der Waals surface area (Å²) in [6, 6.07) is 12.8. The summed E-state index contributed by atoms with van der Waals surface area (Å²) in [4.78, 5) is 16.5. The van der Waals surface area contributed by atoms with Crippen LogP contribution in [0.3, 0.4) is 0 Å². The number of ether oxygens (including phenoxy) is 2. The Bertz CT molecular complexity index is 1480. The van der Waals surface area contributed by atoms with Gasteiger partial charge in [-0.05, 0) is 36.4 Å². The molecule has 4 aromatic rings. The maximum absolute atomic E-state index is 14.7. The first kappa shape index (κ1) is 23.7. The van der Waals surface area contributed by atoms with Gasteiger partial charge in [-0.1, -0.05) is 5.10 Å². The van der Waals surface area contributed by atoms with Crippen LogP contribution in [0.5, 0.6) is 17.4 Å². The molecule has 2 atom stereocenters. The fourth-order valence-electron chi connectivity index (χ4n) is 3.95. The largest absolute Gasteiger partial charge is 0.497 e. The number of benzene rings is 2. The lowest BCUT2D eigenvalue weighted by atomic mass is 9.93. The Morgan fingerprint density at radius 2 is 1.89 bits per heavy atom. The van der Waals surface area contributed by atoms with E-state index in [2.05, 4.69) is 25.8 Å². The molecular weight excluding hydrogens is 486 g/mol. The number of carbonyl (C=O) groups excluding carboxylic acids is 1. The summed E-state index contributed by atoms with van der Waals surface area (Å²) in [7, 11) is 1.30. The van der Waals surface area contributed by atoms with E-state index in [0.29, 0.717) is 16.9 Å². The van der Waals surface area contributed by atoms with E-state index in [9.17, 15) is 13.6 Å². The van der Waals surface area contributed by atoms with Gasteiger partial charge in [-0.15, -0.1) is 5.10 Å². The van der Waals surface area contributed by atoms with Crippen molar-refractivity contribution in [3.63, 3.8) is 0 Å². The van der Waals surface area contributed by atoms with Gasteiger partial charge in [0.05, 0.1) is 7.11 Å². The Kier molecular flexibility index (Phi) is 6.34. The number of nitrogens with one attached hydrogen (secondary N) is 2. The lowest BCUT2D eigenvalue weighted by Gasteiger charge is -2.19. The molecule has 0 aliphatic carbocycles. The highest BCUT2D eigenvalue weighted by atomic mass is 19.1. The highest BCUT2D eigenvalue weighted by molar-refractivity contribution is 5.88. The van der Waals surface area contributed by atoms with Gasteiger partial charge in [0.15, 0.2) is 0 Å². The first-order valence-corrected chi connectivity index (χ1v) is 11.0. The molecule has 1 fully saturated rings. The standard InChI is InChI=1S/C25H18F2N6O4/c1-35-16-9-18(26)20(19(27)10-16)17-12-30-22(34)21(17)31-25-33-32-24(37-25)13-4-6-15(7-5-13)36-23-14(11-28)3-2-8-29-23/h2-10,17,21H,12H2,1H3,(H,30,34)(H,31,33)/t17-,21-/m0/s1. The molecule has 0 unspecified atom stereocenters. The summed E-state index contributed by atoms with van der Waals surface area (Å²) < 4.78 is 45.5. The number of aromatic nitrogens is 3. The molecule has 186 valence electrons. The molecule has 2 aromatic carbocycles. The maximum atomic E-state index is 14.7. The lowest BCUT2D eigenvalue weighted by molar-refractivity contribution is -0.119. The van der Waals surface area contributed by atoms with Crippen LogP contribution in [-0.2, 0) is 4.79 Å². The third-order valence-corrected chi connectivity index (χ3v) is 5.75. The van der Waals surface area contributed by atoms with E-state index in [1.807, 2.05) is 6.07 Å². The summed E-state index contributed by atoms with van der Waals surface area (Å²) in [5, 5.41) is 22.4. The van der Waals surface area contributed by atoms with E-state index in [0.717, 1.165) is 12.1 Å². The Hall–Kier alpha value is -5.05. The number of anilines is 1. The van der Waals surface area contributed by atoms with Gasteiger partial charge in [-0.25, -0.2) is 13.8 Å². The minimum Gasteiger partial charge on any atom is -0.497 e. The van der Waals surface area contributed by atoms with Gasteiger partial charge < -0.3 is 24.5 Å². The van der Waals surface area contributed by atoms with Crippen LogP contribution in [-0.4, -0.2) is 40.8 Å². The molecular formula is C25H18F2N6O4. The second-order valence-electron chi connectivity index (χ2n) is 7.99. The van der Waals surface area contributed by atoms with E-state index in [4.69, 9.17) is 19.2 Å². The van der Waals surface area contributed by atoms with E-state index >= 15 is 0 Å². The van der Waals surface area contributed by atoms with Crippen molar-refractivity contribution in [3.8, 4) is 34.9 Å². The topological polar surface area (TPSA) is 135 Å². The van der Waals surface area contributed by atoms with Crippen LogP contribution >= 0.6 is 0 Å². The Labute approximate surface area is 208 Å². The van der Waals surface area contributed by atoms with E-state index in [-0.39, 0.29) is 35.6 Å². The summed E-state index contributed by atoms with van der Waals surface area (Å²) in [6.45, 7) is 0.0168. The normalized spacial score (nSPS) is 16.6. The molecule has 0 spiro atoms. The first-order valence-electron chi connectivity index (χ1n) is 11.0. The summed E-state index contributed by atoms with van der Waals surface area (Å²) in [6.07, 6.45) is 1.52. The number of hydrogen-bond acceptors (Lipinski definition) is 9. The highest BCUT2D eigenvalue weighted by Gasteiger charge is 2.40. The molecule has 37 heavy (non-hydrogen) atoms. The van der Waals surface area contributed by atoms with Gasteiger partial charge in [0.2, 0.25) is 17.7 Å². The number of nitrogens with zero attached hydrogens (tertiary/aromatic N) is 4. The minimum atomic E-state index is -1.05. The number of hydrogen-bond donors (Lipinski definition) is 2. The molecule has 1 amide bonds. The zero-order chi connectivity index (χ0) is 25.9. The lowest BCUT2D eigenvalue weighted by Crippen LogP contribution is -2.33. The molecule has 2 N–H and O–H groups in total. The quantitative estimate of drug-likeness (QED) is 0.385. The van der Waals surface area contributed by atoms with E-state index in [1.165, 1.54) is 13.3 Å². The predicted octanol–water partition coefficient (Wildman–Crippen LogP) is 3.78. The first-order chi connectivity index (χ1) is 18.0. The van der Waals surface area contributed by atoms with Crippen LogP contribution in [0, 0.1) is 23.0 Å². The van der Waals surface area contributed by atoms with Gasteiger partial charge in [0, 0.05) is 41.9 Å². The molecule has 10 nitrogen and oxygen atoms in total. The van der Waals surface area contributed by atoms with Crippen molar-refractivity contribution in [1.82, 2.24) is 20.5 Å². The zero-order valence-corrected chi connectivity index (χ0v) is 19.2. The molecule has 5 rings (SSSR count). The fourth-order valence-corrected chi connectivity index (χ4v) is 3.95. The Balaban J connectivity index is 1.32. The average molecular weight is 504 g/mol. The molecule has 1 aliphatic rings. The third kappa shape index (κ3) is 4.74. The van der Waals surface area contributed by atoms with Crippen molar-refractivity contribution >= 4 is 11.9 Å². The summed E-state index contributed by atoms with van der Waals surface area (Å²) in [5.74, 6) is -2.20. The van der Waals surface area contributed by atoms with Gasteiger partial charge in [-0.3, -0.25) is 4.79 Å². The minimum absolute atomic E-state index is 0.0168. The van der Waals surface area contributed by atoms with Crippen molar-refractivity contribution in [2.24, 2.45) is 0 Å². The number of methoxy groups -OCH3 is 1. The summed E-state index contributed by atoms with van der Waals surface area (Å²) in [5.41, 5.74) is 0.594. The molecule has 2 aromatic heterocycles. The molecule has 1 aliphatic heterocycles. The average Bonchev–Trinajstić information content (AvgIpc) is 3.52. The van der Waals surface area contributed by atoms with E-state index < -0.39 is 29.5 Å². The Morgan fingerprint density at radius 1 is 1.14 bits per heavy atom. The smallest absolute Gasteiger partial charge is 0.316 e. The summed E-state index contributed by atoms with van der Waals surface area (Å²) >= 11 is 0. The second-order valence-corrected chi connectivity index (χ2v) is 7.99. The number of amides is 1. The third-order valence-electron chi connectivity index (χ3n) is 5.75. The number of halogens is 2. The Morgan fingerprint density at radius 3 is 2.59 bits per heavy atom. The second kappa shape index (κ2) is 9.90. The van der Waals surface area contributed by atoms with Gasteiger partial charge in [0.1, 0.15) is 40.8 Å². The molecule has 3 heterocycles. The van der Waals surface area contributed by atoms with Crippen molar-refractivity contribution in [2.45, 2.75) is 12.0 Å². The van der Waals surface area contributed by atoms with Crippen molar-refractivity contribution < 1.29 is 27.5 Å². The monoisotopic (exact) mass is 504 g/mol. The molecule has 1 saturated heterocycles. The fraction of sp³-hybridized carbons (Fsp3) is 0.160. The van der Waals surface area contributed by atoms with Crippen LogP contribution in [0.1, 0.15) is 17.0 Å². The molecule has 0 radical (unpaired) electrons. The maximum Gasteiger partial charge on any atom is 0.316 e. The van der Waals surface area contributed by atoms with Gasteiger partial charge in [-0.2, -0.15) is 5.26 Å². The molecule has 12 heteroatoms. The van der Waals surface area contributed by atoms with Crippen molar-refractivity contribution in [3.05, 3.63) is 77.5 Å². The van der Waals surface area contributed by atoms with E-state index in [1.54, 1.807) is 36.4 Å². The van der Waals surface area contributed by atoms with Gasteiger partial charge in [0.25, 0.3) is 0 Å². The number of carbonyl (C=O) groups is 1. The van der Waals surface area contributed by atoms with Crippen LogP contribution in [0.2, 0.25) is 0 Å². The SMILES string of the molecule is COc1cc(F)c([C@@H]2CNC(=O)[C@H]2Nc2nnc(-c3ccc(Oc4ncccc4C#N)cc3)o2)c(F)c1. The van der Waals surface area contributed by atoms with Crippen LogP contribution < -0.4 is 20.1 Å². The zero-order valence-electron chi connectivity index (χ0n) is 19.2. The van der Waals surface area contributed by atoms with Crippen molar-refractivity contribution in [2.75, 3.05) is 19.0 Å². The van der Waals surface area contributed by atoms with Crippen LogP contribution in [0.4, 0.5) is 14.8 Å². The van der Waals surface area contributed by atoms with Crippen LogP contribution in [0.15, 0.2) is 59.1 Å². The predicted molar refractivity (Wildman–Crippen MR) is 125 cm³/mol. The number of rotatable bonds is 7. The van der Waals surface area contributed by atoms with Crippen molar-refractivity contribution in [1.29, 1.82) is 5.26 Å². The van der Waals surface area contributed by atoms with Gasteiger partial charge >= 0.3 is 6.01 Å². The number of nitriles is 1. The highest BCUT2D eigenvalue weighted by Crippen LogP contribution is 2.33. The molecule has 0 bridgehead atoms. The molecule has 0 saturated carbocycles. The van der Waals surface area contributed by atoms with Crippen LogP contribution in [0.25, 0.3) is 11.5 Å². The number of pyridine rings is 1.